The zero-order chi connectivity index (χ0) is 15.2. The Bertz CT molecular complexity index is 363. The molecule has 0 bridgehead atoms. The van der Waals surface area contributed by atoms with Crippen LogP contribution in [0.3, 0.4) is 0 Å². The first-order valence-electron chi connectivity index (χ1n) is 7.70. The Balaban J connectivity index is 2.13. The Hall–Kier alpha value is -0.170. The van der Waals surface area contributed by atoms with Crippen LogP contribution in [0.4, 0.5) is 0 Å². The molecule has 0 radical (unpaired) electrons. The summed E-state index contributed by atoms with van der Waals surface area (Å²) in [6.07, 6.45) is 3.78. The van der Waals surface area contributed by atoms with E-state index in [1.54, 1.807) is 4.31 Å². The van der Waals surface area contributed by atoms with E-state index in [0.29, 0.717) is 19.1 Å². The summed E-state index contributed by atoms with van der Waals surface area (Å²) < 4.78 is 24.4. The van der Waals surface area contributed by atoms with E-state index in [4.69, 9.17) is 0 Å². The van der Waals surface area contributed by atoms with E-state index in [2.05, 4.69) is 31.0 Å². The van der Waals surface area contributed by atoms with E-state index >= 15 is 0 Å². The van der Waals surface area contributed by atoms with Crippen LogP contribution >= 0.6 is 0 Å². The summed E-state index contributed by atoms with van der Waals surface area (Å²) >= 11 is 0. The van der Waals surface area contributed by atoms with Crippen LogP contribution in [0.15, 0.2) is 0 Å². The van der Waals surface area contributed by atoms with Crippen molar-refractivity contribution in [3.05, 3.63) is 0 Å². The lowest BCUT2D eigenvalue weighted by atomic mass is 10.0. The van der Waals surface area contributed by atoms with E-state index in [-0.39, 0.29) is 0 Å². The van der Waals surface area contributed by atoms with Gasteiger partial charge in [-0.1, -0.05) is 13.8 Å². The minimum Gasteiger partial charge on any atom is -0.313 e. The summed E-state index contributed by atoms with van der Waals surface area (Å²) in [6.45, 7) is 11.7. The lowest BCUT2D eigenvalue weighted by molar-refractivity contribution is 0.187. The molecule has 1 fully saturated rings. The summed E-state index contributed by atoms with van der Waals surface area (Å²) in [7, 11) is -3.01. The van der Waals surface area contributed by atoms with Gasteiger partial charge in [0, 0.05) is 45.3 Å². The van der Waals surface area contributed by atoms with Crippen molar-refractivity contribution in [2.45, 2.75) is 39.7 Å². The molecule has 1 atom stereocenters. The fraction of sp³-hybridized carbons (Fsp3) is 1.00. The molecule has 1 aliphatic rings. The second-order valence-corrected chi connectivity index (χ2v) is 8.31. The summed E-state index contributed by atoms with van der Waals surface area (Å²) in [5.74, 6) is 0.767. The van der Waals surface area contributed by atoms with Gasteiger partial charge in [0.2, 0.25) is 10.0 Å². The average Bonchev–Trinajstić information content (AvgIpc) is 2.36. The Labute approximate surface area is 124 Å². The van der Waals surface area contributed by atoms with Crippen molar-refractivity contribution >= 4 is 10.0 Å². The highest BCUT2D eigenvalue weighted by Crippen LogP contribution is 2.07. The molecule has 20 heavy (non-hydrogen) atoms. The molecule has 1 heterocycles. The van der Waals surface area contributed by atoms with Crippen LogP contribution in [0.1, 0.15) is 33.6 Å². The third kappa shape index (κ3) is 7.02. The maximum atomic E-state index is 11.4. The second kappa shape index (κ2) is 8.32. The van der Waals surface area contributed by atoms with E-state index in [1.165, 1.54) is 19.1 Å². The van der Waals surface area contributed by atoms with Crippen molar-refractivity contribution in [3.8, 4) is 0 Å². The molecule has 1 rings (SSSR count). The number of piperazine rings is 1. The lowest BCUT2D eigenvalue weighted by Gasteiger charge is -2.33. The maximum absolute atomic E-state index is 11.4. The van der Waals surface area contributed by atoms with Gasteiger partial charge in [0.25, 0.3) is 0 Å². The first-order valence-corrected chi connectivity index (χ1v) is 9.54. The van der Waals surface area contributed by atoms with Crippen LogP contribution in [0.25, 0.3) is 0 Å². The van der Waals surface area contributed by atoms with E-state index in [1.807, 2.05) is 0 Å². The van der Waals surface area contributed by atoms with Crippen molar-refractivity contribution in [2.24, 2.45) is 5.92 Å². The zero-order valence-corrected chi connectivity index (χ0v) is 14.2. The van der Waals surface area contributed by atoms with Gasteiger partial charge in [0.05, 0.1) is 6.26 Å². The molecule has 1 unspecified atom stereocenters. The highest BCUT2D eigenvalue weighted by molar-refractivity contribution is 7.88. The van der Waals surface area contributed by atoms with Crippen LogP contribution in [0.5, 0.6) is 0 Å². The predicted octanol–water partition coefficient (Wildman–Crippen LogP) is 0.978. The summed E-state index contributed by atoms with van der Waals surface area (Å²) in [5.41, 5.74) is 0. The number of hydrogen-bond acceptors (Lipinski definition) is 4. The van der Waals surface area contributed by atoms with E-state index in [0.717, 1.165) is 32.1 Å². The molecule has 1 saturated heterocycles. The van der Waals surface area contributed by atoms with Crippen molar-refractivity contribution in [1.82, 2.24) is 14.5 Å². The van der Waals surface area contributed by atoms with Crippen molar-refractivity contribution in [1.29, 1.82) is 0 Å². The van der Waals surface area contributed by atoms with Crippen LogP contribution in [-0.2, 0) is 10.0 Å². The number of rotatable bonds is 8. The Kier molecular flexibility index (Phi) is 7.43. The standard InChI is InChI=1S/C14H31N3O2S/c1-13(2)5-6-14(3)15-7-8-16-9-11-17(12-10-16)20(4,18)19/h13-15H,5-12H2,1-4H3. The maximum Gasteiger partial charge on any atom is 0.211 e. The molecule has 120 valence electrons. The topological polar surface area (TPSA) is 52.6 Å². The number of nitrogens with zero attached hydrogens (tertiary/aromatic N) is 2. The molecule has 0 amide bonds. The van der Waals surface area contributed by atoms with Crippen molar-refractivity contribution < 1.29 is 8.42 Å². The smallest absolute Gasteiger partial charge is 0.211 e. The first-order chi connectivity index (χ1) is 9.29. The normalized spacial score (nSPS) is 20.4. The predicted molar refractivity (Wildman–Crippen MR) is 84.4 cm³/mol. The Morgan fingerprint density at radius 3 is 2.15 bits per heavy atom. The van der Waals surface area contributed by atoms with E-state index < -0.39 is 10.0 Å². The fourth-order valence-corrected chi connectivity index (χ4v) is 3.27. The first kappa shape index (κ1) is 17.9. The van der Waals surface area contributed by atoms with Crippen LogP contribution in [0.2, 0.25) is 0 Å². The van der Waals surface area contributed by atoms with Crippen LogP contribution in [0, 0.1) is 5.92 Å². The van der Waals surface area contributed by atoms with Gasteiger partial charge in [-0.05, 0) is 25.7 Å². The molecule has 0 spiro atoms. The molecule has 0 aromatic rings. The monoisotopic (exact) mass is 305 g/mol. The highest BCUT2D eigenvalue weighted by Gasteiger charge is 2.22. The largest absolute Gasteiger partial charge is 0.313 e. The van der Waals surface area contributed by atoms with Crippen molar-refractivity contribution in [3.63, 3.8) is 0 Å². The van der Waals surface area contributed by atoms with Gasteiger partial charge in [0.15, 0.2) is 0 Å². The molecule has 6 heteroatoms. The molecule has 0 aromatic heterocycles. The quantitative estimate of drug-likeness (QED) is 0.726. The summed E-state index contributed by atoms with van der Waals surface area (Å²) in [4.78, 5) is 2.34. The second-order valence-electron chi connectivity index (χ2n) is 6.33. The molecule has 0 saturated carbocycles. The van der Waals surface area contributed by atoms with Crippen LogP contribution < -0.4 is 5.32 Å². The van der Waals surface area contributed by atoms with Gasteiger partial charge in [-0.3, -0.25) is 4.90 Å². The van der Waals surface area contributed by atoms with Gasteiger partial charge in [-0.15, -0.1) is 0 Å². The van der Waals surface area contributed by atoms with Gasteiger partial charge < -0.3 is 5.32 Å². The SMILES string of the molecule is CC(C)CCC(C)NCCN1CCN(S(C)(=O)=O)CC1. The number of hydrogen-bond donors (Lipinski definition) is 1. The third-order valence-electron chi connectivity index (χ3n) is 3.90. The molecule has 5 nitrogen and oxygen atoms in total. The van der Waals surface area contributed by atoms with E-state index in [9.17, 15) is 8.42 Å². The molecule has 0 aromatic carbocycles. The summed E-state index contributed by atoms with van der Waals surface area (Å²) in [5, 5.41) is 3.55. The van der Waals surface area contributed by atoms with Gasteiger partial charge in [-0.25, -0.2) is 8.42 Å². The zero-order valence-electron chi connectivity index (χ0n) is 13.4. The molecular weight excluding hydrogens is 274 g/mol. The van der Waals surface area contributed by atoms with Gasteiger partial charge >= 0.3 is 0 Å². The lowest BCUT2D eigenvalue weighted by Crippen LogP contribution is -2.50. The third-order valence-corrected chi connectivity index (χ3v) is 5.20. The van der Waals surface area contributed by atoms with Crippen LogP contribution in [-0.4, -0.2) is 69.2 Å². The number of nitrogens with one attached hydrogen (secondary N) is 1. The molecular formula is C14H31N3O2S. The average molecular weight is 305 g/mol. The minimum atomic E-state index is -3.01. The van der Waals surface area contributed by atoms with Crippen molar-refractivity contribution in [2.75, 3.05) is 45.5 Å². The summed E-state index contributed by atoms with van der Waals surface area (Å²) in [6, 6.07) is 0.565. The van der Waals surface area contributed by atoms with Gasteiger partial charge in [-0.2, -0.15) is 4.31 Å². The minimum absolute atomic E-state index is 0.565. The molecule has 0 aliphatic carbocycles. The highest BCUT2D eigenvalue weighted by atomic mass is 32.2. The fourth-order valence-electron chi connectivity index (χ4n) is 2.44. The molecule has 1 aliphatic heterocycles. The number of sulfonamides is 1. The Morgan fingerprint density at radius 1 is 1.05 bits per heavy atom. The van der Waals surface area contributed by atoms with Gasteiger partial charge in [0.1, 0.15) is 0 Å². The Morgan fingerprint density at radius 2 is 1.65 bits per heavy atom. The molecule has 1 N–H and O–H groups in total.